The van der Waals surface area contributed by atoms with Crippen LogP contribution in [-0.4, -0.2) is 32.4 Å². The van der Waals surface area contributed by atoms with Gasteiger partial charge in [-0.3, -0.25) is 14.5 Å². The van der Waals surface area contributed by atoms with Crippen LogP contribution in [0.2, 0.25) is 0 Å². The molecule has 0 radical (unpaired) electrons. The van der Waals surface area contributed by atoms with Crippen LogP contribution in [0, 0.1) is 18.6 Å². The monoisotopic (exact) mass is 437 g/mol. The number of carbonyl (C=O) groups excluding carboxylic acids is 1. The summed E-state index contributed by atoms with van der Waals surface area (Å²) in [6.45, 7) is 4.12. The minimum absolute atomic E-state index is 0.0157. The number of aryl methyl sites for hydroxylation is 2. The molecule has 1 atom stereocenters. The van der Waals surface area contributed by atoms with Crippen molar-refractivity contribution in [2.24, 2.45) is 7.05 Å². The van der Waals surface area contributed by atoms with E-state index in [0.717, 1.165) is 29.0 Å². The fourth-order valence-corrected chi connectivity index (χ4v) is 3.39. The average molecular weight is 437 g/mol. The van der Waals surface area contributed by atoms with Crippen molar-refractivity contribution in [1.29, 1.82) is 0 Å². The summed E-state index contributed by atoms with van der Waals surface area (Å²) in [6, 6.07) is 8.27. The molecular formula is C23H21F2N5O2. The normalized spacial score (nSPS) is 13.0. The molecule has 4 rings (SSSR count). The van der Waals surface area contributed by atoms with E-state index in [9.17, 15) is 13.6 Å². The third-order valence-electron chi connectivity index (χ3n) is 5.36. The Labute approximate surface area is 183 Å². The Morgan fingerprint density at radius 2 is 2.00 bits per heavy atom. The van der Waals surface area contributed by atoms with E-state index in [1.54, 1.807) is 17.1 Å². The number of carbonyl (C=O) groups is 1. The summed E-state index contributed by atoms with van der Waals surface area (Å²) < 4.78 is 34.0. The Morgan fingerprint density at radius 1 is 1.19 bits per heavy atom. The minimum Gasteiger partial charge on any atom is -0.355 e. The second-order valence-corrected chi connectivity index (χ2v) is 7.84. The molecule has 32 heavy (non-hydrogen) atoms. The van der Waals surface area contributed by atoms with E-state index in [0.29, 0.717) is 0 Å². The summed E-state index contributed by atoms with van der Waals surface area (Å²) in [5.74, 6) is -1.97. The zero-order valence-corrected chi connectivity index (χ0v) is 17.8. The third kappa shape index (κ3) is 4.14. The van der Waals surface area contributed by atoms with Gasteiger partial charge in [0.15, 0.2) is 11.5 Å². The molecule has 0 spiro atoms. The molecule has 0 aliphatic rings. The smallest absolute Gasteiger partial charge is 0.273 e. The summed E-state index contributed by atoms with van der Waals surface area (Å²) in [6.07, 6.45) is 5.38. The lowest BCUT2D eigenvalue weighted by Gasteiger charge is -2.28. The molecule has 1 N–H and O–H groups in total. The maximum Gasteiger partial charge on any atom is 0.273 e. The van der Waals surface area contributed by atoms with E-state index in [4.69, 9.17) is 4.52 Å². The van der Waals surface area contributed by atoms with Crippen molar-refractivity contribution in [2.45, 2.75) is 19.3 Å². The maximum absolute atomic E-state index is 14.0. The van der Waals surface area contributed by atoms with Gasteiger partial charge in [0.2, 0.25) is 0 Å². The molecule has 9 heteroatoms. The fourth-order valence-electron chi connectivity index (χ4n) is 3.39. The molecule has 164 valence electrons. The van der Waals surface area contributed by atoms with E-state index in [1.165, 1.54) is 12.1 Å². The van der Waals surface area contributed by atoms with E-state index in [2.05, 4.69) is 20.6 Å². The van der Waals surface area contributed by atoms with Crippen LogP contribution < -0.4 is 5.32 Å². The minimum atomic E-state index is -0.803. The number of rotatable bonds is 6. The quantitative estimate of drug-likeness (QED) is 0.496. The number of hydrogen-bond acceptors (Lipinski definition) is 5. The first-order valence-electron chi connectivity index (χ1n) is 9.89. The number of hydrogen-bond donors (Lipinski definition) is 1. The van der Waals surface area contributed by atoms with Gasteiger partial charge in [-0.05, 0) is 37.6 Å². The predicted octanol–water partition coefficient (Wildman–Crippen LogP) is 3.79. The molecule has 1 amide bonds. The van der Waals surface area contributed by atoms with Crippen LogP contribution in [0.1, 0.15) is 34.2 Å². The van der Waals surface area contributed by atoms with Crippen molar-refractivity contribution in [3.63, 3.8) is 0 Å². The van der Waals surface area contributed by atoms with E-state index >= 15 is 0 Å². The number of benzene rings is 1. The molecule has 3 heterocycles. The summed E-state index contributed by atoms with van der Waals surface area (Å²) >= 11 is 0. The Kier molecular flexibility index (Phi) is 5.56. The second kappa shape index (κ2) is 8.33. The lowest BCUT2D eigenvalue weighted by atomic mass is 9.80. The lowest BCUT2D eigenvalue weighted by Crippen LogP contribution is -2.40. The van der Waals surface area contributed by atoms with Crippen molar-refractivity contribution in [3.8, 4) is 11.3 Å². The van der Waals surface area contributed by atoms with Crippen LogP contribution in [0.15, 0.2) is 59.5 Å². The molecule has 7 nitrogen and oxygen atoms in total. The van der Waals surface area contributed by atoms with E-state index in [1.807, 2.05) is 39.2 Å². The third-order valence-corrected chi connectivity index (χ3v) is 5.36. The van der Waals surface area contributed by atoms with Crippen LogP contribution in [0.3, 0.4) is 0 Å². The summed E-state index contributed by atoms with van der Waals surface area (Å²) in [4.78, 5) is 17.3. The molecule has 3 aromatic heterocycles. The van der Waals surface area contributed by atoms with Crippen molar-refractivity contribution in [2.75, 3.05) is 6.54 Å². The highest BCUT2D eigenvalue weighted by molar-refractivity contribution is 5.93. The molecule has 0 fully saturated rings. The van der Waals surface area contributed by atoms with Gasteiger partial charge in [0.05, 0.1) is 22.9 Å². The van der Waals surface area contributed by atoms with Crippen LogP contribution >= 0.6 is 0 Å². The Hall–Kier alpha value is -3.88. The average Bonchev–Trinajstić information content (AvgIpc) is 3.42. The van der Waals surface area contributed by atoms with Crippen LogP contribution in [0.5, 0.6) is 0 Å². The first-order chi connectivity index (χ1) is 15.3. The van der Waals surface area contributed by atoms with Gasteiger partial charge in [0.1, 0.15) is 11.6 Å². The van der Waals surface area contributed by atoms with Gasteiger partial charge < -0.3 is 9.84 Å². The summed E-state index contributed by atoms with van der Waals surface area (Å²) in [5.41, 5.74) is 2.01. The molecule has 1 aromatic carbocycles. The number of nitrogens with one attached hydrogen (secondary N) is 1. The van der Waals surface area contributed by atoms with Gasteiger partial charge in [0.25, 0.3) is 5.91 Å². The van der Waals surface area contributed by atoms with E-state index < -0.39 is 23.0 Å². The molecule has 0 aliphatic carbocycles. The first-order valence-corrected chi connectivity index (χ1v) is 9.89. The molecule has 0 saturated carbocycles. The Bertz CT molecular complexity index is 1270. The number of aromatic nitrogens is 4. The van der Waals surface area contributed by atoms with Gasteiger partial charge in [-0.25, -0.2) is 8.78 Å². The van der Waals surface area contributed by atoms with Gasteiger partial charge in [-0.15, -0.1) is 0 Å². The molecule has 4 aromatic rings. The van der Waals surface area contributed by atoms with Crippen molar-refractivity contribution in [1.82, 2.24) is 25.2 Å². The van der Waals surface area contributed by atoms with E-state index in [-0.39, 0.29) is 23.6 Å². The van der Waals surface area contributed by atoms with Crippen LogP contribution in [0.25, 0.3) is 11.3 Å². The highest BCUT2D eigenvalue weighted by Crippen LogP contribution is 2.30. The largest absolute Gasteiger partial charge is 0.355 e. The first kappa shape index (κ1) is 21.4. The number of halogens is 2. The van der Waals surface area contributed by atoms with Gasteiger partial charge >= 0.3 is 0 Å². The lowest BCUT2D eigenvalue weighted by molar-refractivity contribution is 0.0938. The SMILES string of the molecule is Cc1ccc(C(C)(CNC(=O)c2cc(-c3ccc(F)cc3F)on2)c2cnn(C)c2)nc1. The standard InChI is InChI=1S/C23H21F2N5O2/c1-14-4-7-21(26-10-14)23(2,15-11-28-30(3)12-15)13-27-22(31)19-9-20(32-29-19)17-6-5-16(24)8-18(17)25/h4-12H,13H2,1-3H3,(H,27,31). The summed E-state index contributed by atoms with van der Waals surface area (Å²) in [7, 11) is 1.82. The number of amides is 1. The Balaban J connectivity index is 1.57. The number of pyridine rings is 1. The maximum atomic E-state index is 14.0. The van der Waals surface area contributed by atoms with Crippen molar-refractivity contribution < 1.29 is 18.1 Å². The molecular weight excluding hydrogens is 416 g/mol. The molecule has 1 unspecified atom stereocenters. The zero-order chi connectivity index (χ0) is 22.9. The predicted molar refractivity (Wildman–Crippen MR) is 113 cm³/mol. The molecule has 0 saturated heterocycles. The van der Waals surface area contributed by atoms with Gasteiger partial charge in [-0.2, -0.15) is 5.10 Å². The molecule has 0 aliphatic heterocycles. The Morgan fingerprint density at radius 3 is 2.66 bits per heavy atom. The zero-order valence-electron chi connectivity index (χ0n) is 17.8. The van der Waals surface area contributed by atoms with Gasteiger partial charge in [-0.1, -0.05) is 11.2 Å². The van der Waals surface area contributed by atoms with Gasteiger partial charge in [0, 0.05) is 43.7 Å². The highest BCUT2D eigenvalue weighted by Gasteiger charge is 2.33. The van der Waals surface area contributed by atoms with Crippen LogP contribution in [0.4, 0.5) is 8.78 Å². The second-order valence-electron chi connectivity index (χ2n) is 7.84. The van der Waals surface area contributed by atoms with Crippen LogP contribution in [-0.2, 0) is 12.5 Å². The fraction of sp³-hybridized carbons (Fsp3) is 0.217. The topological polar surface area (TPSA) is 85.8 Å². The summed E-state index contributed by atoms with van der Waals surface area (Å²) in [5, 5.41) is 10.8. The van der Waals surface area contributed by atoms with Crippen molar-refractivity contribution in [3.05, 3.63) is 89.1 Å². The van der Waals surface area contributed by atoms with Crippen molar-refractivity contribution >= 4 is 5.91 Å². The molecule has 0 bridgehead atoms. The highest BCUT2D eigenvalue weighted by atomic mass is 19.1. The number of nitrogens with zero attached hydrogens (tertiary/aromatic N) is 4.